The van der Waals surface area contributed by atoms with Gasteiger partial charge in [0.25, 0.3) is 0 Å². The fraction of sp³-hybridized carbons (Fsp3) is 0.0492. The van der Waals surface area contributed by atoms with E-state index in [0.717, 1.165) is 50.3 Å². The lowest BCUT2D eigenvalue weighted by molar-refractivity contribution is 0.660. The van der Waals surface area contributed by atoms with Crippen LogP contribution in [0.3, 0.4) is 0 Å². The van der Waals surface area contributed by atoms with E-state index in [9.17, 15) is 0 Å². The fourth-order valence-corrected chi connectivity index (χ4v) is 11.0. The van der Waals surface area contributed by atoms with Gasteiger partial charge in [-0.05, 0) is 109 Å². The van der Waals surface area contributed by atoms with Crippen molar-refractivity contribution in [2.24, 2.45) is 0 Å². The van der Waals surface area contributed by atoms with E-state index in [2.05, 4.69) is 226 Å². The van der Waals surface area contributed by atoms with Crippen molar-refractivity contribution >= 4 is 31.5 Å². The summed E-state index contributed by atoms with van der Waals surface area (Å²) in [5, 5.41) is 2.57. The number of rotatable bonds is 7. The van der Waals surface area contributed by atoms with Crippen LogP contribution in [0.2, 0.25) is 0 Å². The van der Waals surface area contributed by atoms with Crippen molar-refractivity contribution in [3.63, 3.8) is 0 Å². The van der Waals surface area contributed by atoms with E-state index < -0.39 is 0 Å². The third kappa shape index (κ3) is 6.47. The molecule has 64 heavy (non-hydrogen) atoms. The number of benzene rings is 9. The molecular formula is C61H42N2S. The highest BCUT2D eigenvalue weighted by atomic mass is 32.1. The maximum atomic E-state index is 5.40. The molecule has 0 saturated heterocycles. The van der Waals surface area contributed by atoms with Crippen LogP contribution < -0.4 is 0 Å². The predicted octanol–water partition coefficient (Wildman–Crippen LogP) is 16.8. The summed E-state index contributed by atoms with van der Waals surface area (Å²) in [7, 11) is 0. The maximum absolute atomic E-state index is 5.40. The van der Waals surface area contributed by atoms with Crippen LogP contribution in [0.1, 0.15) is 25.0 Å². The molecule has 0 amide bonds. The van der Waals surface area contributed by atoms with Crippen molar-refractivity contribution in [1.29, 1.82) is 0 Å². The Balaban J connectivity index is 1.06. The standard InChI is InChI=1S/C61H42N2S/c1-61(2)53-25-13-11-23-51(53)59-50(24-15-26-54(59)61)47-20-9-10-21-48(47)56-38-55(62-60(63-56)42-18-7-4-8-19-42)46-35-44(41-30-28-40(29-31-41)39-16-5-3-6-17-39)34-45(36-46)43-32-33-58-52(37-43)49-22-12-14-27-57(49)64-58/h3-38H,1-2H3. The quantitative estimate of drug-likeness (QED) is 0.160. The van der Waals surface area contributed by atoms with Crippen molar-refractivity contribution in [1.82, 2.24) is 9.97 Å². The molecular weight excluding hydrogens is 793 g/mol. The van der Waals surface area contributed by atoms with Gasteiger partial charge in [0, 0.05) is 42.3 Å². The summed E-state index contributed by atoms with van der Waals surface area (Å²) in [4.78, 5) is 10.8. The van der Waals surface area contributed by atoms with Gasteiger partial charge in [0.1, 0.15) is 0 Å². The van der Waals surface area contributed by atoms with Crippen LogP contribution in [0, 0.1) is 0 Å². The normalized spacial score (nSPS) is 12.7. The van der Waals surface area contributed by atoms with Gasteiger partial charge in [0.15, 0.2) is 5.82 Å². The second-order valence-electron chi connectivity index (χ2n) is 17.3. The fourth-order valence-electron chi connectivity index (χ4n) is 9.87. The number of thiophene rings is 1. The molecule has 2 nitrogen and oxygen atoms in total. The highest BCUT2D eigenvalue weighted by Gasteiger charge is 2.36. The molecule has 0 aliphatic heterocycles. The van der Waals surface area contributed by atoms with Crippen molar-refractivity contribution in [3.05, 3.63) is 230 Å². The van der Waals surface area contributed by atoms with E-state index >= 15 is 0 Å². The Morgan fingerprint density at radius 2 is 0.859 bits per heavy atom. The van der Waals surface area contributed by atoms with Crippen LogP contribution in [0.25, 0.3) is 110 Å². The van der Waals surface area contributed by atoms with Gasteiger partial charge in [-0.2, -0.15) is 0 Å². The Morgan fingerprint density at radius 1 is 0.328 bits per heavy atom. The van der Waals surface area contributed by atoms with E-state index in [1.807, 2.05) is 17.4 Å². The van der Waals surface area contributed by atoms with Crippen LogP contribution in [-0.4, -0.2) is 9.97 Å². The van der Waals surface area contributed by atoms with Crippen LogP contribution in [0.15, 0.2) is 218 Å². The van der Waals surface area contributed by atoms with E-state index in [0.29, 0.717) is 5.82 Å². The molecule has 0 N–H and O–H groups in total. The second-order valence-corrected chi connectivity index (χ2v) is 18.4. The Bertz CT molecular complexity index is 3560. The third-order valence-corrected chi connectivity index (χ3v) is 14.3. The van der Waals surface area contributed by atoms with E-state index in [1.54, 1.807) is 0 Å². The molecule has 1 aliphatic carbocycles. The first-order valence-corrected chi connectivity index (χ1v) is 22.8. The minimum atomic E-state index is -0.106. The zero-order valence-corrected chi connectivity index (χ0v) is 36.4. The smallest absolute Gasteiger partial charge is 0.160 e. The maximum Gasteiger partial charge on any atom is 0.160 e. The zero-order valence-electron chi connectivity index (χ0n) is 35.6. The molecule has 2 heterocycles. The molecule has 0 unspecified atom stereocenters. The molecule has 0 atom stereocenters. The Kier molecular flexibility index (Phi) is 9.06. The van der Waals surface area contributed by atoms with Gasteiger partial charge in [-0.1, -0.05) is 190 Å². The molecule has 1 aliphatic rings. The van der Waals surface area contributed by atoms with Crippen LogP contribution in [0.4, 0.5) is 0 Å². The number of fused-ring (bicyclic) bond motifs is 6. The molecule has 2 aromatic heterocycles. The molecule has 0 fully saturated rings. The average molecular weight is 835 g/mol. The summed E-state index contributed by atoms with van der Waals surface area (Å²) in [6, 6.07) is 79.2. The van der Waals surface area contributed by atoms with Crippen molar-refractivity contribution in [2.45, 2.75) is 19.3 Å². The van der Waals surface area contributed by atoms with Gasteiger partial charge < -0.3 is 0 Å². The summed E-state index contributed by atoms with van der Waals surface area (Å²) >= 11 is 1.85. The number of hydrogen-bond donors (Lipinski definition) is 0. The first-order valence-electron chi connectivity index (χ1n) is 22.0. The number of aromatic nitrogens is 2. The van der Waals surface area contributed by atoms with Gasteiger partial charge in [-0.15, -0.1) is 11.3 Å². The van der Waals surface area contributed by atoms with E-state index in [4.69, 9.17) is 9.97 Å². The van der Waals surface area contributed by atoms with Gasteiger partial charge in [0.2, 0.25) is 0 Å². The zero-order chi connectivity index (χ0) is 42.8. The van der Waals surface area contributed by atoms with Crippen LogP contribution >= 0.6 is 11.3 Å². The van der Waals surface area contributed by atoms with Gasteiger partial charge in [-0.25, -0.2) is 9.97 Å². The number of nitrogens with zero attached hydrogens (tertiary/aromatic N) is 2. The molecule has 0 radical (unpaired) electrons. The molecule has 12 rings (SSSR count). The molecule has 0 bridgehead atoms. The minimum absolute atomic E-state index is 0.106. The predicted molar refractivity (Wildman–Crippen MR) is 271 cm³/mol. The summed E-state index contributed by atoms with van der Waals surface area (Å²) in [6.07, 6.45) is 0. The molecule has 11 aromatic rings. The van der Waals surface area contributed by atoms with Crippen molar-refractivity contribution in [2.75, 3.05) is 0 Å². The Morgan fingerprint density at radius 3 is 1.64 bits per heavy atom. The molecule has 3 heteroatoms. The summed E-state index contributed by atoms with van der Waals surface area (Å²) in [5.41, 5.74) is 19.4. The molecule has 0 spiro atoms. The molecule has 9 aromatic carbocycles. The first kappa shape index (κ1) is 38.0. The average Bonchev–Trinajstić information content (AvgIpc) is 3.85. The van der Waals surface area contributed by atoms with Gasteiger partial charge in [-0.3, -0.25) is 0 Å². The Hall–Kier alpha value is -7.72. The van der Waals surface area contributed by atoms with Crippen LogP contribution in [0.5, 0.6) is 0 Å². The molecule has 0 saturated carbocycles. The van der Waals surface area contributed by atoms with E-state index in [-0.39, 0.29) is 5.41 Å². The highest BCUT2D eigenvalue weighted by molar-refractivity contribution is 7.25. The second kappa shape index (κ2) is 15.3. The van der Waals surface area contributed by atoms with Crippen molar-refractivity contribution in [3.8, 4) is 89.5 Å². The summed E-state index contributed by atoms with van der Waals surface area (Å²) in [6.45, 7) is 4.69. The summed E-state index contributed by atoms with van der Waals surface area (Å²) < 4.78 is 2.60. The van der Waals surface area contributed by atoms with Crippen molar-refractivity contribution < 1.29 is 0 Å². The number of hydrogen-bond acceptors (Lipinski definition) is 3. The first-order chi connectivity index (χ1) is 31.5. The lowest BCUT2D eigenvalue weighted by Crippen LogP contribution is -2.14. The van der Waals surface area contributed by atoms with E-state index in [1.165, 1.54) is 64.7 Å². The lowest BCUT2D eigenvalue weighted by Gasteiger charge is -2.22. The van der Waals surface area contributed by atoms with Gasteiger partial charge in [0.05, 0.1) is 11.4 Å². The lowest BCUT2D eigenvalue weighted by atomic mass is 9.81. The topological polar surface area (TPSA) is 25.8 Å². The SMILES string of the molecule is CC1(C)c2ccccc2-c2c(-c3ccccc3-c3cc(-c4cc(-c5ccc(-c6ccccc6)cc5)cc(-c5ccc6sc7ccccc7c6c5)c4)nc(-c4ccccc4)n3)cccc21. The molecule has 302 valence electrons. The van der Waals surface area contributed by atoms with Crippen LogP contribution in [-0.2, 0) is 5.41 Å². The monoisotopic (exact) mass is 834 g/mol. The summed E-state index contributed by atoms with van der Waals surface area (Å²) in [5.74, 6) is 0.693. The minimum Gasteiger partial charge on any atom is -0.228 e. The highest BCUT2D eigenvalue weighted by Crippen LogP contribution is 2.53. The Labute approximate surface area is 377 Å². The van der Waals surface area contributed by atoms with Gasteiger partial charge >= 0.3 is 0 Å². The largest absolute Gasteiger partial charge is 0.228 e. The third-order valence-electron chi connectivity index (χ3n) is 13.1.